The number of nitrogens with zero attached hydrogens (tertiary/aromatic N) is 3. The lowest BCUT2D eigenvalue weighted by Crippen LogP contribution is -2.45. The molecule has 1 aromatic heterocycles. The Hall–Kier alpha value is -1.86. The normalized spacial score (nSPS) is 22.8. The summed E-state index contributed by atoms with van der Waals surface area (Å²) < 4.78 is 0. The summed E-state index contributed by atoms with van der Waals surface area (Å²) in [6, 6.07) is 7.54. The van der Waals surface area contributed by atoms with E-state index in [9.17, 15) is 5.11 Å². The van der Waals surface area contributed by atoms with Crippen LogP contribution >= 0.6 is 0 Å². The van der Waals surface area contributed by atoms with Gasteiger partial charge in [-0.15, -0.1) is 6.58 Å². The van der Waals surface area contributed by atoms with Crippen LogP contribution in [0.15, 0.2) is 30.9 Å². The molecular weight excluding hydrogens is 238 g/mol. The fourth-order valence-electron chi connectivity index (χ4n) is 2.73. The third kappa shape index (κ3) is 2.94. The highest BCUT2D eigenvalue weighted by Crippen LogP contribution is 2.34. The van der Waals surface area contributed by atoms with Gasteiger partial charge in [0.15, 0.2) is 0 Å². The maximum Gasteiger partial charge on any atom is 0.142 e. The number of aliphatic hydroxyl groups is 1. The molecule has 1 aliphatic heterocycles. The molecule has 4 nitrogen and oxygen atoms in total. The Morgan fingerprint density at radius 1 is 1.58 bits per heavy atom. The summed E-state index contributed by atoms with van der Waals surface area (Å²) in [5.74, 6) is 0.820. The summed E-state index contributed by atoms with van der Waals surface area (Å²) in [5.41, 5.74) is 0.311. The Morgan fingerprint density at radius 2 is 2.42 bits per heavy atom. The van der Waals surface area contributed by atoms with Crippen LogP contribution in [-0.2, 0) is 0 Å². The molecule has 1 N–H and O–H groups in total. The number of aliphatic hydroxyl groups excluding tert-OH is 1. The van der Waals surface area contributed by atoms with Crippen molar-refractivity contribution in [3.63, 3.8) is 0 Å². The molecule has 0 amide bonds. The molecule has 1 saturated heterocycles. The van der Waals surface area contributed by atoms with Crippen LogP contribution < -0.4 is 4.90 Å². The average Bonchev–Trinajstić information content (AvgIpc) is 2.48. The van der Waals surface area contributed by atoms with E-state index in [0.29, 0.717) is 5.69 Å². The maximum atomic E-state index is 9.69. The Bertz CT molecular complexity index is 494. The molecule has 19 heavy (non-hydrogen) atoms. The monoisotopic (exact) mass is 257 g/mol. The number of nitriles is 1. The molecule has 0 aliphatic carbocycles. The van der Waals surface area contributed by atoms with E-state index >= 15 is 0 Å². The van der Waals surface area contributed by atoms with Gasteiger partial charge in [0.05, 0.1) is 6.61 Å². The van der Waals surface area contributed by atoms with E-state index < -0.39 is 0 Å². The van der Waals surface area contributed by atoms with Crippen molar-refractivity contribution < 1.29 is 5.11 Å². The van der Waals surface area contributed by atoms with Crippen molar-refractivity contribution in [3.05, 3.63) is 36.5 Å². The van der Waals surface area contributed by atoms with Gasteiger partial charge in [-0.1, -0.05) is 12.1 Å². The molecule has 1 aromatic rings. The van der Waals surface area contributed by atoms with Gasteiger partial charge in [-0.2, -0.15) is 5.26 Å². The number of hydrogen-bond acceptors (Lipinski definition) is 4. The van der Waals surface area contributed by atoms with Crippen molar-refractivity contribution in [1.29, 1.82) is 5.26 Å². The van der Waals surface area contributed by atoms with Gasteiger partial charge >= 0.3 is 0 Å². The Balaban J connectivity index is 2.20. The Labute approximate surface area is 114 Å². The van der Waals surface area contributed by atoms with E-state index in [2.05, 4.69) is 22.5 Å². The maximum absolute atomic E-state index is 9.69. The molecule has 1 aliphatic rings. The second-order valence-electron chi connectivity index (χ2n) is 5.17. The first-order valence-electron chi connectivity index (χ1n) is 6.57. The first-order chi connectivity index (χ1) is 9.23. The highest BCUT2D eigenvalue weighted by atomic mass is 16.3. The van der Waals surface area contributed by atoms with Gasteiger partial charge < -0.3 is 10.0 Å². The van der Waals surface area contributed by atoms with Gasteiger partial charge in [0, 0.05) is 18.5 Å². The zero-order chi connectivity index (χ0) is 13.7. The van der Waals surface area contributed by atoms with E-state index in [1.54, 1.807) is 6.07 Å². The number of aromatic nitrogens is 1. The molecule has 1 unspecified atom stereocenters. The van der Waals surface area contributed by atoms with Crippen LogP contribution in [0.5, 0.6) is 0 Å². The quantitative estimate of drug-likeness (QED) is 0.839. The largest absolute Gasteiger partial charge is 0.396 e. The van der Waals surface area contributed by atoms with Gasteiger partial charge in [0.25, 0.3) is 0 Å². The molecule has 0 spiro atoms. The predicted octanol–water partition coefficient (Wildman–Crippen LogP) is 2.11. The number of hydrogen-bond donors (Lipinski definition) is 1. The van der Waals surface area contributed by atoms with Crippen molar-refractivity contribution in [3.8, 4) is 6.07 Å². The van der Waals surface area contributed by atoms with Gasteiger partial charge in [-0.3, -0.25) is 0 Å². The summed E-state index contributed by atoms with van der Waals surface area (Å²) in [5, 5.41) is 18.6. The summed E-state index contributed by atoms with van der Waals surface area (Å²) in [6.45, 7) is 5.62. The molecule has 2 heterocycles. The first-order valence-corrected chi connectivity index (χ1v) is 6.57. The SMILES string of the molecule is C=CCC1(CO)CCCN(c2cccc(C#N)n2)C1. The molecule has 4 heteroatoms. The summed E-state index contributed by atoms with van der Waals surface area (Å²) in [6.07, 6.45) is 4.70. The topological polar surface area (TPSA) is 60.1 Å². The molecule has 0 bridgehead atoms. The second-order valence-corrected chi connectivity index (χ2v) is 5.17. The van der Waals surface area contributed by atoms with Crippen LogP contribution in [0.1, 0.15) is 25.0 Å². The summed E-state index contributed by atoms with van der Waals surface area (Å²) in [7, 11) is 0. The van der Waals surface area contributed by atoms with Gasteiger partial charge in [0.2, 0.25) is 0 Å². The molecule has 1 fully saturated rings. The zero-order valence-corrected chi connectivity index (χ0v) is 11.0. The van der Waals surface area contributed by atoms with Crippen molar-refractivity contribution in [2.45, 2.75) is 19.3 Å². The van der Waals surface area contributed by atoms with Crippen molar-refractivity contribution >= 4 is 5.82 Å². The third-order valence-corrected chi connectivity index (χ3v) is 3.75. The van der Waals surface area contributed by atoms with Crippen LogP contribution in [-0.4, -0.2) is 29.8 Å². The van der Waals surface area contributed by atoms with Crippen LogP contribution in [0.25, 0.3) is 0 Å². The van der Waals surface area contributed by atoms with E-state index in [-0.39, 0.29) is 12.0 Å². The molecule has 2 rings (SSSR count). The van der Waals surface area contributed by atoms with E-state index in [1.165, 1.54) is 0 Å². The molecule has 0 saturated carbocycles. The lowest BCUT2D eigenvalue weighted by Gasteiger charge is -2.42. The van der Waals surface area contributed by atoms with E-state index in [1.807, 2.05) is 18.2 Å². The van der Waals surface area contributed by atoms with Gasteiger partial charge in [0.1, 0.15) is 17.6 Å². The van der Waals surface area contributed by atoms with Crippen molar-refractivity contribution in [2.24, 2.45) is 5.41 Å². The van der Waals surface area contributed by atoms with Crippen LogP contribution in [0, 0.1) is 16.7 Å². The average molecular weight is 257 g/mol. The van der Waals surface area contributed by atoms with Crippen LogP contribution in [0.4, 0.5) is 5.82 Å². The molecule has 1 atom stereocenters. The summed E-state index contributed by atoms with van der Waals surface area (Å²) >= 11 is 0. The highest BCUT2D eigenvalue weighted by Gasteiger charge is 2.34. The molecule has 100 valence electrons. The summed E-state index contributed by atoms with van der Waals surface area (Å²) in [4.78, 5) is 6.49. The lowest BCUT2D eigenvalue weighted by atomic mass is 9.78. The van der Waals surface area contributed by atoms with Crippen LogP contribution in [0.2, 0.25) is 0 Å². The van der Waals surface area contributed by atoms with Gasteiger partial charge in [-0.05, 0) is 31.4 Å². The second kappa shape index (κ2) is 5.85. The van der Waals surface area contributed by atoms with Crippen molar-refractivity contribution in [2.75, 3.05) is 24.6 Å². The zero-order valence-electron chi connectivity index (χ0n) is 11.0. The fourth-order valence-corrected chi connectivity index (χ4v) is 2.73. The Kier molecular flexibility index (Phi) is 4.18. The number of pyridine rings is 1. The smallest absolute Gasteiger partial charge is 0.142 e. The minimum atomic E-state index is -0.121. The van der Waals surface area contributed by atoms with E-state index in [0.717, 1.165) is 38.2 Å². The molecule has 0 aromatic carbocycles. The van der Waals surface area contributed by atoms with Crippen molar-refractivity contribution in [1.82, 2.24) is 4.98 Å². The third-order valence-electron chi connectivity index (χ3n) is 3.75. The first kappa shape index (κ1) is 13.6. The minimum absolute atomic E-state index is 0.121. The molecule has 0 radical (unpaired) electrons. The number of allylic oxidation sites excluding steroid dienone is 1. The Morgan fingerprint density at radius 3 is 3.11 bits per heavy atom. The fraction of sp³-hybridized carbons (Fsp3) is 0.467. The number of rotatable bonds is 4. The van der Waals surface area contributed by atoms with Gasteiger partial charge in [-0.25, -0.2) is 4.98 Å². The lowest BCUT2D eigenvalue weighted by molar-refractivity contribution is 0.108. The standard InChI is InChI=1S/C15H19N3O/c1-2-7-15(12-19)8-4-9-18(11-15)14-6-3-5-13(10-16)17-14/h2-3,5-6,19H,1,4,7-9,11-12H2. The molecular formula is C15H19N3O. The highest BCUT2D eigenvalue weighted by molar-refractivity contribution is 5.42. The van der Waals surface area contributed by atoms with Crippen LogP contribution in [0.3, 0.4) is 0 Å². The van der Waals surface area contributed by atoms with E-state index in [4.69, 9.17) is 5.26 Å². The number of piperidine rings is 1. The number of anilines is 1. The minimum Gasteiger partial charge on any atom is -0.396 e. The predicted molar refractivity (Wildman–Crippen MR) is 74.7 cm³/mol.